The van der Waals surface area contributed by atoms with Crippen LogP contribution in [0, 0.1) is 0 Å². The molecular formula is C14H17N3O. The Kier molecular flexibility index (Phi) is 3.89. The Balaban J connectivity index is 2.41. The lowest BCUT2D eigenvalue weighted by atomic mass is 10.1. The van der Waals surface area contributed by atoms with Crippen LogP contribution in [-0.4, -0.2) is 17.1 Å². The van der Waals surface area contributed by atoms with E-state index in [1.54, 1.807) is 7.11 Å². The van der Waals surface area contributed by atoms with Crippen LogP contribution >= 0.6 is 0 Å². The second-order valence-electron chi connectivity index (χ2n) is 4.09. The highest BCUT2D eigenvalue weighted by Crippen LogP contribution is 2.19. The zero-order valence-electron chi connectivity index (χ0n) is 10.7. The first-order valence-electron chi connectivity index (χ1n) is 5.94. The van der Waals surface area contributed by atoms with Gasteiger partial charge in [0, 0.05) is 24.4 Å². The molecule has 0 radical (unpaired) electrons. The van der Waals surface area contributed by atoms with Crippen LogP contribution < -0.4 is 5.73 Å². The second kappa shape index (κ2) is 5.60. The zero-order chi connectivity index (χ0) is 13.0. The van der Waals surface area contributed by atoms with Crippen LogP contribution in [0.5, 0.6) is 0 Å². The van der Waals surface area contributed by atoms with E-state index in [0.717, 1.165) is 23.2 Å². The minimum Gasteiger partial charge on any atom is -0.384 e. The molecule has 0 atom stereocenters. The number of aromatic nitrogens is 2. The fraction of sp³-hybridized carbons (Fsp3) is 0.286. The third-order valence-electron chi connectivity index (χ3n) is 2.66. The van der Waals surface area contributed by atoms with E-state index >= 15 is 0 Å². The number of aryl methyl sites for hydroxylation is 1. The van der Waals surface area contributed by atoms with Crippen molar-refractivity contribution in [2.24, 2.45) is 0 Å². The molecule has 1 heterocycles. The number of anilines is 1. The van der Waals surface area contributed by atoms with E-state index in [1.165, 1.54) is 0 Å². The van der Waals surface area contributed by atoms with Crippen molar-refractivity contribution in [2.45, 2.75) is 20.0 Å². The minimum absolute atomic E-state index is 0.508. The first-order chi connectivity index (χ1) is 8.72. The minimum atomic E-state index is 0.508. The monoisotopic (exact) mass is 243 g/mol. The summed E-state index contributed by atoms with van der Waals surface area (Å²) in [6.45, 7) is 2.63. The molecule has 94 valence electrons. The van der Waals surface area contributed by atoms with E-state index in [-0.39, 0.29) is 0 Å². The van der Waals surface area contributed by atoms with Gasteiger partial charge in [0.2, 0.25) is 0 Å². The number of ether oxygens (including phenoxy) is 1. The van der Waals surface area contributed by atoms with Gasteiger partial charge in [-0.15, -0.1) is 0 Å². The number of rotatable bonds is 4. The van der Waals surface area contributed by atoms with Gasteiger partial charge < -0.3 is 10.5 Å². The normalized spacial score (nSPS) is 10.6. The lowest BCUT2D eigenvalue weighted by molar-refractivity contribution is 0.185. The Morgan fingerprint density at radius 1 is 1.22 bits per heavy atom. The molecule has 2 N–H and O–H groups in total. The number of methoxy groups -OCH3 is 1. The summed E-state index contributed by atoms with van der Waals surface area (Å²) in [6.07, 6.45) is 0.845. The van der Waals surface area contributed by atoms with Gasteiger partial charge in [0.05, 0.1) is 6.61 Å². The number of nitrogens with two attached hydrogens (primary N) is 1. The van der Waals surface area contributed by atoms with Crippen LogP contribution in [0.15, 0.2) is 30.3 Å². The number of nitrogens with zero attached hydrogens (tertiary/aromatic N) is 2. The summed E-state index contributed by atoms with van der Waals surface area (Å²) < 4.78 is 5.12. The Bertz CT molecular complexity index is 540. The summed E-state index contributed by atoms with van der Waals surface area (Å²) in [4.78, 5) is 8.77. The molecule has 0 aliphatic carbocycles. The molecule has 0 saturated heterocycles. The van der Waals surface area contributed by atoms with Crippen molar-refractivity contribution in [1.82, 2.24) is 9.97 Å². The largest absolute Gasteiger partial charge is 0.384 e. The molecule has 2 aromatic rings. The van der Waals surface area contributed by atoms with Crippen molar-refractivity contribution in [1.29, 1.82) is 0 Å². The van der Waals surface area contributed by atoms with E-state index in [9.17, 15) is 0 Å². The van der Waals surface area contributed by atoms with Gasteiger partial charge in [-0.25, -0.2) is 9.97 Å². The van der Waals surface area contributed by atoms with Crippen molar-refractivity contribution in [3.05, 3.63) is 41.6 Å². The molecule has 0 bridgehead atoms. The molecule has 2 rings (SSSR count). The quantitative estimate of drug-likeness (QED) is 0.896. The molecule has 0 aliphatic heterocycles. The fourth-order valence-corrected chi connectivity index (χ4v) is 1.80. The fourth-order valence-electron chi connectivity index (χ4n) is 1.80. The molecule has 18 heavy (non-hydrogen) atoms. The summed E-state index contributed by atoms with van der Waals surface area (Å²) in [5, 5.41) is 0. The first-order valence-corrected chi connectivity index (χ1v) is 5.94. The topological polar surface area (TPSA) is 61.0 Å². The summed E-state index contributed by atoms with van der Waals surface area (Å²) in [7, 11) is 1.68. The van der Waals surface area contributed by atoms with Gasteiger partial charge in [0.15, 0.2) is 5.82 Å². The van der Waals surface area contributed by atoms with E-state index in [0.29, 0.717) is 18.2 Å². The Labute approximate surface area is 107 Å². The van der Waals surface area contributed by atoms with Crippen molar-refractivity contribution >= 4 is 5.82 Å². The van der Waals surface area contributed by atoms with Gasteiger partial charge in [-0.05, 0) is 18.1 Å². The molecule has 1 aromatic heterocycles. The van der Waals surface area contributed by atoms with Gasteiger partial charge in [0.25, 0.3) is 0 Å². The zero-order valence-corrected chi connectivity index (χ0v) is 10.7. The van der Waals surface area contributed by atoms with Crippen LogP contribution in [0.3, 0.4) is 0 Å². The Morgan fingerprint density at radius 3 is 2.78 bits per heavy atom. The smallest absolute Gasteiger partial charge is 0.161 e. The maximum Gasteiger partial charge on any atom is 0.161 e. The van der Waals surface area contributed by atoms with Crippen LogP contribution in [0.2, 0.25) is 0 Å². The molecule has 1 aromatic carbocycles. The van der Waals surface area contributed by atoms with E-state index in [1.807, 2.05) is 37.3 Å². The summed E-state index contributed by atoms with van der Waals surface area (Å²) in [5.41, 5.74) is 8.81. The van der Waals surface area contributed by atoms with Crippen LogP contribution in [0.25, 0.3) is 11.4 Å². The van der Waals surface area contributed by atoms with Crippen LogP contribution in [0.4, 0.5) is 5.82 Å². The van der Waals surface area contributed by atoms with E-state index < -0.39 is 0 Å². The molecule has 4 nitrogen and oxygen atoms in total. The Morgan fingerprint density at radius 2 is 2.06 bits per heavy atom. The predicted octanol–water partition coefficient (Wildman–Crippen LogP) is 2.43. The van der Waals surface area contributed by atoms with Crippen LogP contribution in [-0.2, 0) is 17.8 Å². The lowest BCUT2D eigenvalue weighted by Crippen LogP contribution is -2.00. The molecule has 0 spiro atoms. The van der Waals surface area contributed by atoms with Gasteiger partial charge in [0.1, 0.15) is 5.82 Å². The third kappa shape index (κ3) is 2.84. The molecular weight excluding hydrogens is 226 g/mol. The highest BCUT2D eigenvalue weighted by atomic mass is 16.5. The molecule has 0 unspecified atom stereocenters. The summed E-state index contributed by atoms with van der Waals surface area (Å²) >= 11 is 0. The van der Waals surface area contributed by atoms with Crippen molar-refractivity contribution in [2.75, 3.05) is 12.8 Å². The van der Waals surface area contributed by atoms with Gasteiger partial charge in [-0.2, -0.15) is 0 Å². The van der Waals surface area contributed by atoms with Gasteiger partial charge in [-0.3, -0.25) is 0 Å². The maximum atomic E-state index is 5.79. The average molecular weight is 243 g/mol. The molecule has 4 heteroatoms. The second-order valence-corrected chi connectivity index (χ2v) is 4.09. The molecule has 0 saturated carbocycles. The standard InChI is InChI=1S/C14H17N3O/c1-3-12-8-13(15)17-14(16-12)11-6-4-5-10(7-11)9-18-2/h4-8H,3,9H2,1-2H3,(H2,15,16,17). The number of hydrogen-bond acceptors (Lipinski definition) is 4. The SMILES string of the molecule is CCc1cc(N)nc(-c2cccc(COC)c2)n1. The highest BCUT2D eigenvalue weighted by molar-refractivity contribution is 5.58. The number of hydrogen-bond donors (Lipinski definition) is 1. The van der Waals surface area contributed by atoms with Crippen molar-refractivity contribution < 1.29 is 4.74 Å². The summed E-state index contributed by atoms with van der Waals surface area (Å²) in [5.74, 6) is 1.18. The van der Waals surface area contributed by atoms with E-state index in [2.05, 4.69) is 9.97 Å². The van der Waals surface area contributed by atoms with Gasteiger partial charge in [-0.1, -0.05) is 25.1 Å². The average Bonchev–Trinajstić information content (AvgIpc) is 2.39. The predicted molar refractivity (Wildman–Crippen MR) is 72.0 cm³/mol. The third-order valence-corrected chi connectivity index (χ3v) is 2.66. The van der Waals surface area contributed by atoms with E-state index in [4.69, 9.17) is 10.5 Å². The lowest BCUT2D eigenvalue weighted by Gasteiger charge is -2.06. The van der Waals surface area contributed by atoms with Gasteiger partial charge >= 0.3 is 0 Å². The van der Waals surface area contributed by atoms with Crippen molar-refractivity contribution in [3.8, 4) is 11.4 Å². The molecule has 0 amide bonds. The molecule has 0 aliphatic rings. The highest BCUT2D eigenvalue weighted by Gasteiger charge is 2.05. The van der Waals surface area contributed by atoms with Crippen LogP contribution in [0.1, 0.15) is 18.2 Å². The maximum absolute atomic E-state index is 5.79. The first kappa shape index (κ1) is 12.5. The molecule has 0 fully saturated rings. The number of benzene rings is 1. The number of nitrogen functional groups attached to an aromatic ring is 1. The summed E-state index contributed by atoms with van der Waals surface area (Å²) in [6, 6.07) is 9.80. The Hall–Kier alpha value is -1.94. The van der Waals surface area contributed by atoms with Crippen molar-refractivity contribution in [3.63, 3.8) is 0 Å².